The average Bonchev–Trinajstić information content (AvgIpc) is 3.41. The highest BCUT2D eigenvalue weighted by molar-refractivity contribution is 5.78. The van der Waals surface area contributed by atoms with Crippen molar-refractivity contribution in [3.05, 3.63) is 36.4 Å². The van der Waals surface area contributed by atoms with Crippen LogP contribution in [0.15, 0.2) is 30.6 Å². The lowest BCUT2D eigenvalue weighted by atomic mass is 10.2. The van der Waals surface area contributed by atoms with E-state index in [1.165, 1.54) is 0 Å². The number of hydrogen-bond donors (Lipinski definition) is 3. The largest absolute Gasteiger partial charge is 0.378 e. The molecular weight excluding hydrogens is 384 g/mol. The van der Waals surface area contributed by atoms with E-state index in [4.69, 9.17) is 14.8 Å². The summed E-state index contributed by atoms with van der Waals surface area (Å²) in [6.45, 7) is 4.95. The van der Waals surface area contributed by atoms with Crippen LogP contribution in [0.3, 0.4) is 0 Å². The van der Waals surface area contributed by atoms with Gasteiger partial charge in [-0.2, -0.15) is 10.2 Å². The molecule has 0 aliphatic carbocycles. The summed E-state index contributed by atoms with van der Waals surface area (Å²) in [4.78, 5) is 16.1. The number of anilines is 4. The van der Waals surface area contributed by atoms with E-state index in [1.807, 2.05) is 38.4 Å². The molecule has 11 heteroatoms. The minimum absolute atomic E-state index is 0.619. The lowest BCUT2D eigenvalue weighted by Crippen LogP contribution is -2.36. The second-order valence-corrected chi connectivity index (χ2v) is 6.91. The van der Waals surface area contributed by atoms with Crippen LogP contribution in [0.4, 0.5) is 23.1 Å². The van der Waals surface area contributed by atoms with Gasteiger partial charge in [-0.1, -0.05) is 0 Å². The summed E-state index contributed by atoms with van der Waals surface area (Å²) in [7, 11) is 1.83. The third-order valence-corrected chi connectivity index (χ3v) is 4.92. The van der Waals surface area contributed by atoms with Gasteiger partial charge in [0.2, 0.25) is 0 Å². The molecule has 0 aromatic carbocycles. The Labute approximate surface area is 172 Å². The molecule has 11 nitrogen and oxygen atoms in total. The molecule has 5 rings (SSSR count). The molecule has 4 aromatic rings. The molecule has 0 bridgehead atoms. The maximum absolute atomic E-state index is 5.46. The van der Waals surface area contributed by atoms with E-state index in [2.05, 4.69) is 35.7 Å². The summed E-state index contributed by atoms with van der Waals surface area (Å²) in [5.41, 5.74) is 3.19. The summed E-state index contributed by atoms with van der Waals surface area (Å²) < 4.78 is 7.25. The van der Waals surface area contributed by atoms with Crippen LogP contribution < -0.4 is 15.5 Å². The van der Waals surface area contributed by atoms with E-state index >= 15 is 0 Å². The fourth-order valence-corrected chi connectivity index (χ4v) is 3.51. The van der Waals surface area contributed by atoms with Gasteiger partial charge in [-0.15, -0.1) is 0 Å². The molecule has 0 atom stereocenters. The van der Waals surface area contributed by atoms with E-state index in [9.17, 15) is 0 Å². The number of hydrogen-bond acceptors (Lipinski definition) is 9. The normalized spacial score (nSPS) is 14.3. The quantitative estimate of drug-likeness (QED) is 0.456. The van der Waals surface area contributed by atoms with E-state index < -0.39 is 0 Å². The van der Waals surface area contributed by atoms with Crippen molar-refractivity contribution in [3.63, 3.8) is 0 Å². The number of fused-ring (bicyclic) bond motifs is 1. The zero-order valence-electron chi connectivity index (χ0n) is 16.8. The van der Waals surface area contributed by atoms with Crippen LogP contribution >= 0.6 is 0 Å². The van der Waals surface area contributed by atoms with E-state index in [0.717, 1.165) is 30.3 Å². The lowest BCUT2D eigenvalue weighted by molar-refractivity contribution is 0.122. The maximum Gasteiger partial charge on any atom is 0.162 e. The number of imidazole rings is 1. The Balaban J connectivity index is 1.65. The van der Waals surface area contributed by atoms with Crippen LogP contribution in [-0.4, -0.2) is 68.1 Å². The topological polar surface area (TPSA) is 121 Å². The third-order valence-electron chi connectivity index (χ3n) is 4.92. The summed E-state index contributed by atoms with van der Waals surface area (Å²) in [6, 6.07) is 5.75. The van der Waals surface area contributed by atoms with Crippen LogP contribution in [0.1, 0.15) is 5.82 Å². The number of nitrogens with one attached hydrogen (secondary N) is 3. The summed E-state index contributed by atoms with van der Waals surface area (Å²) >= 11 is 0. The van der Waals surface area contributed by atoms with Gasteiger partial charge < -0.3 is 20.3 Å². The Morgan fingerprint density at radius 1 is 1.10 bits per heavy atom. The first-order valence-corrected chi connectivity index (χ1v) is 9.73. The van der Waals surface area contributed by atoms with E-state index in [-0.39, 0.29) is 0 Å². The van der Waals surface area contributed by atoms with Gasteiger partial charge in [-0.3, -0.25) is 5.10 Å². The first-order valence-electron chi connectivity index (χ1n) is 9.73. The van der Waals surface area contributed by atoms with Gasteiger partial charge in [0.15, 0.2) is 17.3 Å². The number of rotatable bonds is 5. The number of aromatic amines is 1. The Morgan fingerprint density at radius 2 is 1.97 bits per heavy atom. The van der Waals surface area contributed by atoms with Crippen LogP contribution in [-0.2, 0) is 4.74 Å². The van der Waals surface area contributed by atoms with Crippen LogP contribution in [0.5, 0.6) is 0 Å². The molecule has 4 aromatic heterocycles. The molecular formula is C19H22N10O. The number of morpholine rings is 1. The fourth-order valence-electron chi connectivity index (χ4n) is 3.51. The molecule has 1 fully saturated rings. The van der Waals surface area contributed by atoms with Crippen molar-refractivity contribution in [2.75, 3.05) is 48.9 Å². The first-order chi connectivity index (χ1) is 14.7. The van der Waals surface area contributed by atoms with Gasteiger partial charge >= 0.3 is 0 Å². The average molecular weight is 406 g/mol. The highest BCUT2D eigenvalue weighted by Crippen LogP contribution is 2.31. The molecule has 5 heterocycles. The summed E-state index contributed by atoms with van der Waals surface area (Å²) in [6.07, 6.45) is 3.61. The Hall–Kier alpha value is -3.73. The minimum Gasteiger partial charge on any atom is -0.378 e. The summed E-state index contributed by atoms with van der Waals surface area (Å²) in [5, 5.41) is 18.0. The molecule has 1 saturated heterocycles. The van der Waals surface area contributed by atoms with Crippen molar-refractivity contribution in [2.24, 2.45) is 0 Å². The van der Waals surface area contributed by atoms with Gasteiger partial charge in [-0.25, -0.2) is 19.5 Å². The van der Waals surface area contributed by atoms with Crippen LogP contribution in [0, 0.1) is 6.92 Å². The molecule has 1 aliphatic rings. The molecule has 0 amide bonds. The second kappa shape index (κ2) is 7.59. The number of nitrogens with zero attached hydrogens (tertiary/aromatic N) is 7. The van der Waals surface area contributed by atoms with Crippen LogP contribution in [0.2, 0.25) is 0 Å². The first kappa shape index (κ1) is 18.3. The molecule has 30 heavy (non-hydrogen) atoms. The molecule has 0 spiro atoms. The van der Waals surface area contributed by atoms with Crippen molar-refractivity contribution in [3.8, 4) is 11.4 Å². The Kier molecular flexibility index (Phi) is 4.64. The molecule has 1 aliphatic heterocycles. The van der Waals surface area contributed by atoms with Gasteiger partial charge in [0.1, 0.15) is 17.3 Å². The van der Waals surface area contributed by atoms with Gasteiger partial charge in [0.25, 0.3) is 0 Å². The highest BCUT2D eigenvalue weighted by atomic mass is 16.5. The second-order valence-electron chi connectivity index (χ2n) is 6.91. The van der Waals surface area contributed by atoms with E-state index in [1.54, 1.807) is 10.7 Å². The smallest absolute Gasteiger partial charge is 0.162 e. The number of H-pyrrole nitrogens is 1. The Morgan fingerprint density at radius 3 is 2.73 bits per heavy atom. The molecule has 0 radical (unpaired) electrons. The van der Waals surface area contributed by atoms with Gasteiger partial charge in [0, 0.05) is 44.5 Å². The highest BCUT2D eigenvalue weighted by Gasteiger charge is 2.20. The molecule has 154 valence electrons. The number of aryl methyl sites for hydroxylation is 1. The third kappa shape index (κ3) is 3.39. The van der Waals surface area contributed by atoms with Gasteiger partial charge in [-0.05, 0) is 6.92 Å². The minimum atomic E-state index is 0.619. The molecule has 3 N–H and O–H groups in total. The standard InChI is InChI=1S/C19H22N10O/c1-12-23-14(10-16(20-2)24-12)18-19(25-15-3-4-21-27-15)26-17-9-13(11-22-29(17)18)28-5-7-30-8-6-28/h3-4,9-11H,5-8H2,1-2H3,(H,20,23,24)(H2,21,25,27). The van der Waals surface area contributed by atoms with Crippen molar-refractivity contribution in [1.82, 2.24) is 34.8 Å². The summed E-state index contributed by atoms with van der Waals surface area (Å²) in [5.74, 6) is 2.66. The Bertz CT molecular complexity index is 1160. The number of aromatic nitrogens is 7. The predicted molar refractivity (Wildman–Crippen MR) is 113 cm³/mol. The fraction of sp³-hybridized carbons (Fsp3) is 0.316. The predicted octanol–water partition coefficient (Wildman–Crippen LogP) is 1.84. The van der Waals surface area contributed by atoms with Crippen molar-refractivity contribution in [2.45, 2.75) is 6.92 Å². The van der Waals surface area contributed by atoms with E-state index in [0.29, 0.717) is 42.0 Å². The van der Waals surface area contributed by atoms with Crippen molar-refractivity contribution in [1.29, 1.82) is 0 Å². The zero-order chi connectivity index (χ0) is 20.5. The zero-order valence-corrected chi connectivity index (χ0v) is 16.8. The maximum atomic E-state index is 5.46. The van der Waals surface area contributed by atoms with Gasteiger partial charge in [0.05, 0.1) is 30.8 Å². The van der Waals surface area contributed by atoms with Crippen LogP contribution in [0.25, 0.3) is 17.0 Å². The van der Waals surface area contributed by atoms with Crippen molar-refractivity contribution < 1.29 is 4.74 Å². The SMILES string of the molecule is CNc1cc(-c2c(Nc3cc[nH]n3)nc3cc(N4CCOCC4)cnn23)nc(C)n1. The van der Waals surface area contributed by atoms with Crippen molar-refractivity contribution >= 4 is 28.8 Å². The monoisotopic (exact) mass is 406 g/mol. The molecule has 0 unspecified atom stereocenters. The number of ether oxygens (including phenoxy) is 1. The molecule has 0 saturated carbocycles. The lowest BCUT2D eigenvalue weighted by Gasteiger charge is -2.28.